The van der Waals surface area contributed by atoms with Crippen molar-refractivity contribution in [1.82, 2.24) is 5.32 Å². The van der Waals surface area contributed by atoms with E-state index >= 15 is 0 Å². The first-order chi connectivity index (χ1) is 9.63. The fourth-order valence-electron chi connectivity index (χ4n) is 2.45. The molecule has 0 aliphatic heterocycles. The summed E-state index contributed by atoms with van der Waals surface area (Å²) in [6.07, 6.45) is 1.77. The standard InChI is InChI=1S/C15H13NO4/c17-13(12-7-4-8-20-12)16-15(14(18)19)9-11(15)10-5-2-1-3-6-10/h1-8,11H,9H2,(H,16,17)(H,18,19). The number of carbonyl (C=O) groups is 2. The van der Waals surface area contributed by atoms with Crippen molar-refractivity contribution in [1.29, 1.82) is 0 Å². The van der Waals surface area contributed by atoms with Crippen molar-refractivity contribution in [2.75, 3.05) is 0 Å². The smallest absolute Gasteiger partial charge is 0.330 e. The van der Waals surface area contributed by atoms with Gasteiger partial charge in [0, 0.05) is 5.92 Å². The van der Waals surface area contributed by atoms with E-state index in [0.29, 0.717) is 6.42 Å². The summed E-state index contributed by atoms with van der Waals surface area (Å²) >= 11 is 0. The fourth-order valence-corrected chi connectivity index (χ4v) is 2.45. The molecular weight excluding hydrogens is 258 g/mol. The zero-order valence-electron chi connectivity index (χ0n) is 10.6. The molecule has 1 aromatic heterocycles. The molecule has 2 aromatic rings. The predicted octanol–water partition coefficient (Wildman–Crippen LogP) is 2.02. The summed E-state index contributed by atoms with van der Waals surface area (Å²) in [7, 11) is 0. The molecule has 5 nitrogen and oxygen atoms in total. The molecular formula is C15H13NO4. The van der Waals surface area contributed by atoms with Gasteiger partial charge in [-0.25, -0.2) is 4.79 Å². The Morgan fingerprint density at radius 3 is 2.55 bits per heavy atom. The highest BCUT2D eigenvalue weighted by Gasteiger charge is 2.62. The van der Waals surface area contributed by atoms with E-state index in [2.05, 4.69) is 5.32 Å². The van der Waals surface area contributed by atoms with Gasteiger partial charge in [-0.2, -0.15) is 0 Å². The number of carboxylic acid groups (broad SMARTS) is 1. The van der Waals surface area contributed by atoms with E-state index in [1.165, 1.54) is 12.3 Å². The van der Waals surface area contributed by atoms with Crippen LogP contribution in [0.1, 0.15) is 28.5 Å². The minimum atomic E-state index is -1.23. The van der Waals surface area contributed by atoms with Crippen LogP contribution in [-0.4, -0.2) is 22.5 Å². The first kappa shape index (κ1) is 12.5. The van der Waals surface area contributed by atoms with E-state index in [-0.39, 0.29) is 11.7 Å². The van der Waals surface area contributed by atoms with E-state index in [9.17, 15) is 14.7 Å². The molecule has 0 saturated heterocycles. The zero-order valence-corrected chi connectivity index (χ0v) is 10.6. The molecule has 1 aliphatic carbocycles. The Hall–Kier alpha value is -2.56. The van der Waals surface area contributed by atoms with Crippen molar-refractivity contribution in [3.8, 4) is 0 Å². The van der Waals surface area contributed by atoms with Crippen LogP contribution in [0.3, 0.4) is 0 Å². The van der Waals surface area contributed by atoms with Crippen LogP contribution in [0, 0.1) is 0 Å². The third-order valence-electron chi connectivity index (χ3n) is 3.63. The molecule has 0 bridgehead atoms. The van der Waals surface area contributed by atoms with E-state index in [0.717, 1.165) is 5.56 Å². The number of rotatable bonds is 4. The van der Waals surface area contributed by atoms with Gasteiger partial charge >= 0.3 is 5.97 Å². The van der Waals surface area contributed by atoms with Gasteiger partial charge in [0.15, 0.2) is 5.76 Å². The lowest BCUT2D eigenvalue weighted by Crippen LogP contribution is -2.44. The van der Waals surface area contributed by atoms with Gasteiger partial charge in [-0.3, -0.25) is 4.79 Å². The van der Waals surface area contributed by atoms with Gasteiger partial charge in [0.05, 0.1) is 6.26 Å². The maximum absolute atomic E-state index is 12.0. The number of aliphatic carboxylic acids is 1. The molecule has 1 saturated carbocycles. The molecule has 1 heterocycles. The summed E-state index contributed by atoms with van der Waals surface area (Å²) in [5.41, 5.74) is -0.319. The molecule has 1 fully saturated rings. The summed E-state index contributed by atoms with van der Waals surface area (Å²) in [5.74, 6) is -1.62. The Labute approximate surface area is 115 Å². The summed E-state index contributed by atoms with van der Waals surface area (Å²) < 4.78 is 4.98. The van der Waals surface area contributed by atoms with Crippen LogP contribution in [0.4, 0.5) is 0 Å². The van der Waals surface area contributed by atoms with Crippen LogP contribution in [0.2, 0.25) is 0 Å². The Balaban J connectivity index is 1.82. The van der Waals surface area contributed by atoms with Crippen molar-refractivity contribution in [3.05, 3.63) is 60.1 Å². The van der Waals surface area contributed by atoms with Gasteiger partial charge in [0.2, 0.25) is 0 Å². The lowest BCUT2D eigenvalue weighted by molar-refractivity contribution is -0.140. The number of furan rings is 1. The molecule has 0 radical (unpaired) electrons. The van der Waals surface area contributed by atoms with Gasteiger partial charge in [0.25, 0.3) is 5.91 Å². The maximum atomic E-state index is 12.0. The quantitative estimate of drug-likeness (QED) is 0.891. The number of amides is 1. The van der Waals surface area contributed by atoms with E-state index < -0.39 is 17.4 Å². The third-order valence-corrected chi connectivity index (χ3v) is 3.63. The van der Waals surface area contributed by atoms with Crippen LogP contribution in [0.25, 0.3) is 0 Å². The van der Waals surface area contributed by atoms with Gasteiger partial charge in [-0.15, -0.1) is 0 Å². The Morgan fingerprint density at radius 1 is 1.20 bits per heavy atom. The predicted molar refractivity (Wildman–Crippen MR) is 70.3 cm³/mol. The largest absolute Gasteiger partial charge is 0.479 e. The highest BCUT2D eigenvalue weighted by atomic mass is 16.4. The van der Waals surface area contributed by atoms with Crippen LogP contribution in [0.15, 0.2) is 53.1 Å². The average Bonchev–Trinajstić information content (AvgIpc) is 2.94. The molecule has 20 heavy (non-hydrogen) atoms. The molecule has 2 N–H and O–H groups in total. The topological polar surface area (TPSA) is 79.5 Å². The summed E-state index contributed by atoms with van der Waals surface area (Å²) in [6, 6.07) is 12.4. The molecule has 2 unspecified atom stereocenters. The average molecular weight is 271 g/mol. The molecule has 3 rings (SSSR count). The van der Waals surface area contributed by atoms with Crippen molar-refractivity contribution < 1.29 is 19.1 Å². The first-order valence-electron chi connectivity index (χ1n) is 6.28. The Bertz CT molecular complexity index is 635. The molecule has 1 amide bonds. The number of hydrogen-bond donors (Lipinski definition) is 2. The molecule has 2 atom stereocenters. The molecule has 5 heteroatoms. The lowest BCUT2D eigenvalue weighted by atomic mass is 10.1. The minimum Gasteiger partial charge on any atom is -0.479 e. The van der Waals surface area contributed by atoms with Crippen LogP contribution < -0.4 is 5.32 Å². The molecule has 102 valence electrons. The number of carboxylic acids is 1. The number of nitrogens with one attached hydrogen (secondary N) is 1. The second-order valence-corrected chi connectivity index (χ2v) is 4.88. The van der Waals surface area contributed by atoms with E-state index in [1.54, 1.807) is 6.07 Å². The summed E-state index contributed by atoms with van der Waals surface area (Å²) in [6.45, 7) is 0. The monoisotopic (exact) mass is 271 g/mol. The Morgan fingerprint density at radius 2 is 1.95 bits per heavy atom. The fraction of sp³-hybridized carbons (Fsp3) is 0.200. The van der Waals surface area contributed by atoms with Crippen molar-refractivity contribution in [3.63, 3.8) is 0 Å². The van der Waals surface area contributed by atoms with Gasteiger partial charge in [-0.05, 0) is 24.1 Å². The highest BCUT2D eigenvalue weighted by molar-refractivity contribution is 5.98. The normalized spacial score (nSPS) is 24.1. The lowest BCUT2D eigenvalue weighted by Gasteiger charge is -2.14. The molecule has 1 aliphatic rings. The van der Waals surface area contributed by atoms with Crippen LogP contribution in [-0.2, 0) is 4.79 Å². The number of hydrogen-bond acceptors (Lipinski definition) is 3. The maximum Gasteiger partial charge on any atom is 0.330 e. The summed E-state index contributed by atoms with van der Waals surface area (Å²) in [4.78, 5) is 23.5. The molecule has 1 aromatic carbocycles. The highest BCUT2D eigenvalue weighted by Crippen LogP contribution is 2.51. The zero-order chi connectivity index (χ0) is 14.2. The number of benzene rings is 1. The number of carbonyl (C=O) groups excluding carboxylic acids is 1. The van der Waals surface area contributed by atoms with Crippen molar-refractivity contribution in [2.45, 2.75) is 17.9 Å². The van der Waals surface area contributed by atoms with E-state index in [4.69, 9.17) is 4.42 Å². The first-order valence-corrected chi connectivity index (χ1v) is 6.28. The van der Waals surface area contributed by atoms with E-state index in [1.807, 2.05) is 30.3 Å². The second kappa shape index (κ2) is 4.52. The van der Waals surface area contributed by atoms with Gasteiger partial charge in [-0.1, -0.05) is 30.3 Å². The SMILES string of the molecule is O=C(NC1(C(=O)O)CC1c1ccccc1)c1ccco1. The molecule has 0 spiro atoms. The van der Waals surface area contributed by atoms with Gasteiger partial charge in [0.1, 0.15) is 5.54 Å². The minimum absolute atomic E-state index is 0.115. The summed E-state index contributed by atoms with van der Waals surface area (Å²) in [5, 5.41) is 12.0. The van der Waals surface area contributed by atoms with Crippen molar-refractivity contribution in [2.24, 2.45) is 0 Å². The van der Waals surface area contributed by atoms with Crippen molar-refractivity contribution >= 4 is 11.9 Å². The Kier molecular flexibility index (Phi) is 2.82. The van der Waals surface area contributed by atoms with Crippen LogP contribution >= 0.6 is 0 Å². The van der Waals surface area contributed by atoms with Gasteiger partial charge < -0.3 is 14.8 Å². The second-order valence-electron chi connectivity index (χ2n) is 4.88. The third kappa shape index (κ3) is 1.97. The van der Waals surface area contributed by atoms with Crippen LogP contribution in [0.5, 0.6) is 0 Å².